The molecule has 4 heteroatoms. The Kier molecular flexibility index (Phi) is 1.03. The molecular formula is C5H5N2OS. The van der Waals surface area contributed by atoms with Crippen molar-refractivity contribution in [3.8, 4) is 0 Å². The Balaban J connectivity index is 2.49. The van der Waals surface area contributed by atoms with Gasteiger partial charge in [0.25, 0.3) is 0 Å². The van der Waals surface area contributed by atoms with Crippen LogP contribution in [0.2, 0.25) is 0 Å². The molecule has 1 aliphatic heterocycles. The third-order valence-electron chi connectivity index (χ3n) is 1.34. The molecule has 47 valence electrons. The zero-order chi connectivity index (χ0) is 6.27. The highest BCUT2D eigenvalue weighted by Crippen LogP contribution is 2.15. The standard InChI is InChI=1S/C5H5N2OS/c8-9-4-3-7-2-1-6-5(7)9/h2H,3-4H2. The fraction of sp³-hybridized carbons (Fsp3) is 0.400. The summed E-state index contributed by atoms with van der Waals surface area (Å²) < 4.78 is 12.8. The quantitative estimate of drug-likeness (QED) is 0.470. The van der Waals surface area contributed by atoms with Crippen LogP contribution in [0.3, 0.4) is 0 Å². The summed E-state index contributed by atoms with van der Waals surface area (Å²) in [5.41, 5.74) is 0. The Morgan fingerprint density at radius 2 is 2.78 bits per heavy atom. The largest absolute Gasteiger partial charge is 0.609 e. The summed E-state index contributed by atoms with van der Waals surface area (Å²) in [5.74, 6) is 0.719. The molecule has 0 spiro atoms. The minimum absolute atomic E-state index is 0.676. The van der Waals surface area contributed by atoms with E-state index in [1.54, 1.807) is 6.20 Å². The van der Waals surface area contributed by atoms with Gasteiger partial charge in [0.1, 0.15) is 11.9 Å². The Bertz CT molecular complexity index is 222. The molecule has 1 aromatic rings. The molecule has 0 bridgehead atoms. The molecule has 1 unspecified atom stereocenters. The Labute approximate surface area is 55.9 Å². The predicted molar refractivity (Wildman–Crippen MR) is 32.3 cm³/mol. The van der Waals surface area contributed by atoms with E-state index in [-0.39, 0.29) is 0 Å². The normalized spacial score (nSPS) is 24.3. The third-order valence-corrected chi connectivity index (χ3v) is 2.63. The van der Waals surface area contributed by atoms with Crippen molar-refractivity contribution >= 4 is 11.2 Å². The van der Waals surface area contributed by atoms with Crippen molar-refractivity contribution in [3.05, 3.63) is 12.4 Å². The molecule has 1 aromatic heterocycles. The van der Waals surface area contributed by atoms with Crippen LogP contribution in [-0.2, 0) is 17.7 Å². The minimum atomic E-state index is -0.846. The van der Waals surface area contributed by atoms with E-state index in [1.165, 1.54) is 0 Å². The summed E-state index contributed by atoms with van der Waals surface area (Å²) in [6.07, 6.45) is 4.39. The van der Waals surface area contributed by atoms with Gasteiger partial charge in [-0.05, 0) is 0 Å². The van der Waals surface area contributed by atoms with E-state index < -0.39 is 11.2 Å². The minimum Gasteiger partial charge on any atom is -0.609 e. The van der Waals surface area contributed by atoms with Crippen LogP contribution in [0.15, 0.2) is 11.4 Å². The summed E-state index contributed by atoms with van der Waals surface area (Å²) in [7, 11) is 0. The second-order valence-electron chi connectivity index (χ2n) is 1.90. The molecule has 0 aliphatic carbocycles. The van der Waals surface area contributed by atoms with Crippen molar-refractivity contribution < 1.29 is 4.55 Å². The highest BCUT2D eigenvalue weighted by molar-refractivity contribution is 7.91. The van der Waals surface area contributed by atoms with E-state index >= 15 is 0 Å². The maximum atomic E-state index is 10.9. The van der Waals surface area contributed by atoms with E-state index in [2.05, 4.69) is 11.2 Å². The smallest absolute Gasteiger partial charge is 0.324 e. The van der Waals surface area contributed by atoms with Crippen LogP contribution in [0.4, 0.5) is 0 Å². The van der Waals surface area contributed by atoms with Crippen molar-refractivity contribution in [2.75, 3.05) is 5.75 Å². The molecule has 0 saturated carbocycles. The number of aryl methyl sites for hydroxylation is 1. The van der Waals surface area contributed by atoms with Crippen LogP contribution >= 0.6 is 0 Å². The second-order valence-corrected chi connectivity index (χ2v) is 3.36. The molecule has 0 fully saturated rings. The van der Waals surface area contributed by atoms with Crippen LogP contribution in [0.25, 0.3) is 0 Å². The van der Waals surface area contributed by atoms with E-state index in [0.29, 0.717) is 5.16 Å². The van der Waals surface area contributed by atoms with Gasteiger partial charge < -0.3 is 4.55 Å². The lowest BCUT2D eigenvalue weighted by Gasteiger charge is -1.94. The van der Waals surface area contributed by atoms with Crippen molar-refractivity contribution in [2.45, 2.75) is 11.7 Å². The summed E-state index contributed by atoms with van der Waals surface area (Å²) in [6, 6.07) is 0. The molecule has 0 N–H and O–H groups in total. The monoisotopic (exact) mass is 141 g/mol. The van der Waals surface area contributed by atoms with Crippen LogP contribution in [0.1, 0.15) is 0 Å². The average molecular weight is 141 g/mol. The molecule has 9 heavy (non-hydrogen) atoms. The maximum Gasteiger partial charge on any atom is 0.324 e. The van der Waals surface area contributed by atoms with Crippen molar-refractivity contribution in [1.82, 2.24) is 9.55 Å². The van der Waals surface area contributed by atoms with Crippen LogP contribution in [0.5, 0.6) is 0 Å². The van der Waals surface area contributed by atoms with Crippen molar-refractivity contribution in [3.63, 3.8) is 0 Å². The van der Waals surface area contributed by atoms with Gasteiger partial charge in [-0.2, -0.15) is 4.98 Å². The van der Waals surface area contributed by atoms with Gasteiger partial charge in [-0.1, -0.05) is 0 Å². The summed E-state index contributed by atoms with van der Waals surface area (Å²) in [5, 5.41) is 0.676. The average Bonchev–Trinajstić information content (AvgIpc) is 2.35. The van der Waals surface area contributed by atoms with Gasteiger partial charge in [0.05, 0.1) is 6.54 Å². The molecule has 2 rings (SSSR count). The first-order valence-electron chi connectivity index (χ1n) is 2.69. The maximum absolute atomic E-state index is 10.9. The molecule has 1 radical (unpaired) electrons. The van der Waals surface area contributed by atoms with E-state index in [9.17, 15) is 4.55 Å². The number of hydrogen-bond donors (Lipinski definition) is 0. The molecule has 1 atom stereocenters. The molecule has 1 aliphatic rings. The van der Waals surface area contributed by atoms with Gasteiger partial charge in [0.15, 0.2) is 0 Å². The molecule has 0 aromatic carbocycles. The van der Waals surface area contributed by atoms with Gasteiger partial charge in [-0.3, -0.25) is 4.57 Å². The topological polar surface area (TPSA) is 40.9 Å². The fourth-order valence-electron chi connectivity index (χ4n) is 0.888. The first kappa shape index (κ1) is 5.32. The Morgan fingerprint density at radius 1 is 1.89 bits per heavy atom. The van der Waals surface area contributed by atoms with Gasteiger partial charge in [-0.15, -0.1) is 0 Å². The van der Waals surface area contributed by atoms with Crippen LogP contribution < -0.4 is 0 Å². The van der Waals surface area contributed by atoms with Crippen LogP contribution in [0, 0.1) is 6.20 Å². The zero-order valence-electron chi connectivity index (χ0n) is 4.70. The summed E-state index contributed by atoms with van der Waals surface area (Å²) in [4.78, 5) is 3.82. The first-order chi connectivity index (χ1) is 4.38. The highest BCUT2D eigenvalue weighted by atomic mass is 32.2. The number of nitrogens with zero attached hydrogens (tertiary/aromatic N) is 2. The number of aromatic nitrogens is 2. The van der Waals surface area contributed by atoms with Crippen molar-refractivity contribution in [2.24, 2.45) is 0 Å². The second kappa shape index (κ2) is 1.75. The first-order valence-corrected chi connectivity index (χ1v) is 4.01. The summed E-state index contributed by atoms with van der Waals surface area (Å²) >= 11 is -0.846. The number of rotatable bonds is 0. The Morgan fingerprint density at radius 3 is 3.56 bits per heavy atom. The molecule has 3 nitrogen and oxygen atoms in total. The predicted octanol–water partition coefficient (Wildman–Crippen LogP) is -0.196. The van der Waals surface area contributed by atoms with Gasteiger partial charge >= 0.3 is 5.16 Å². The van der Waals surface area contributed by atoms with Crippen LogP contribution in [-0.4, -0.2) is 19.9 Å². The lowest BCUT2D eigenvalue weighted by atomic mass is 10.7. The van der Waals surface area contributed by atoms with Gasteiger partial charge in [0, 0.05) is 17.4 Å². The van der Waals surface area contributed by atoms with E-state index in [0.717, 1.165) is 12.3 Å². The SMILES string of the molecule is [O-][S+]1CCn2c[c]nc21. The zero-order valence-corrected chi connectivity index (χ0v) is 5.52. The number of imidazole rings is 1. The fourth-order valence-corrected chi connectivity index (χ4v) is 1.99. The summed E-state index contributed by atoms with van der Waals surface area (Å²) in [6.45, 7) is 0.832. The van der Waals surface area contributed by atoms with E-state index in [1.807, 2.05) is 4.57 Å². The number of hydrogen-bond acceptors (Lipinski definition) is 2. The molecule has 2 heterocycles. The van der Waals surface area contributed by atoms with Gasteiger partial charge in [0.2, 0.25) is 0 Å². The molecule has 0 saturated heterocycles. The molecular weight excluding hydrogens is 136 g/mol. The lowest BCUT2D eigenvalue weighted by molar-refractivity contribution is 0.593. The Hall–Kier alpha value is -0.480. The van der Waals surface area contributed by atoms with Crippen molar-refractivity contribution in [1.29, 1.82) is 0 Å². The number of fused-ring (bicyclic) bond motifs is 1. The van der Waals surface area contributed by atoms with E-state index in [4.69, 9.17) is 0 Å². The van der Waals surface area contributed by atoms with Gasteiger partial charge in [-0.25, -0.2) is 0 Å². The lowest BCUT2D eigenvalue weighted by Crippen LogP contribution is -1.99. The highest BCUT2D eigenvalue weighted by Gasteiger charge is 2.24. The third kappa shape index (κ3) is 0.668. The molecule has 0 amide bonds.